The summed E-state index contributed by atoms with van der Waals surface area (Å²) in [4.78, 5) is 26.2. The van der Waals surface area contributed by atoms with Gasteiger partial charge in [0.05, 0.1) is 20.3 Å². The van der Waals surface area contributed by atoms with E-state index in [9.17, 15) is 9.59 Å². The molecule has 1 N–H and O–H groups in total. The van der Waals surface area contributed by atoms with Crippen LogP contribution in [0.25, 0.3) is 0 Å². The third-order valence-electron chi connectivity index (χ3n) is 4.56. The second-order valence-electron chi connectivity index (χ2n) is 6.61. The van der Waals surface area contributed by atoms with Crippen LogP contribution in [0.4, 0.5) is 5.69 Å². The summed E-state index contributed by atoms with van der Waals surface area (Å²) in [5.41, 5.74) is 1.83. The summed E-state index contributed by atoms with van der Waals surface area (Å²) in [6.45, 7) is 2.28. The predicted molar refractivity (Wildman–Crippen MR) is 105 cm³/mol. The molecule has 1 atom stereocenters. The normalized spacial score (nSPS) is 16.0. The maximum Gasteiger partial charge on any atom is 0.258 e. The number of ether oxygens (including phenoxy) is 3. The Morgan fingerprint density at radius 3 is 2.50 bits per heavy atom. The molecule has 0 radical (unpaired) electrons. The Hall–Kier alpha value is -3.22. The van der Waals surface area contributed by atoms with Crippen LogP contribution in [-0.2, 0) is 9.59 Å². The molecule has 1 aliphatic rings. The first-order valence-corrected chi connectivity index (χ1v) is 9.01. The summed E-state index contributed by atoms with van der Waals surface area (Å²) in [5, 5.41) is 2.86. The van der Waals surface area contributed by atoms with Crippen molar-refractivity contribution in [2.75, 3.05) is 32.3 Å². The van der Waals surface area contributed by atoms with Crippen LogP contribution in [0.15, 0.2) is 42.5 Å². The van der Waals surface area contributed by atoms with Crippen LogP contribution in [0.1, 0.15) is 12.0 Å². The molecule has 0 aliphatic carbocycles. The molecule has 0 spiro atoms. The molecule has 2 amide bonds. The molecule has 7 nitrogen and oxygen atoms in total. The van der Waals surface area contributed by atoms with E-state index in [-0.39, 0.29) is 30.9 Å². The Morgan fingerprint density at radius 1 is 1.11 bits per heavy atom. The van der Waals surface area contributed by atoms with Gasteiger partial charge in [0, 0.05) is 24.7 Å². The lowest BCUT2D eigenvalue weighted by molar-refractivity contribution is -0.123. The summed E-state index contributed by atoms with van der Waals surface area (Å²) in [6.07, 6.45) is 0.241. The lowest BCUT2D eigenvalue weighted by atomic mass is 10.2. The third-order valence-corrected chi connectivity index (χ3v) is 4.56. The fourth-order valence-electron chi connectivity index (χ4n) is 3.10. The van der Waals surface area contributed by atoms with Crippen molar-refractivity contribution in [1.29, 1.82) is 0 Å². The molecule has 1 fully saturated rings. The molecule has 28 heavy (non-hydrogen) atoms. The molecule has 0 unspecified atom stereocenters. The molecule has 1 aliphatic heterocycles. The van der Waals surface area contributed by atoms with Crippen molar-refractivity contribution in [3.8, 4) is 17.2 Å². The van der Waals surface area contributed by atoms with Crippen molar-refractivity contribution < 1.29 is 23.8 Å². The van der Waals surface area contributed by atoms with Gasteiger partial charge in [-0.3, -0.25) is 9.59 Å². The van der Waals surface area contributed by atoms with Crippen LogP contribution in [0.3, 0.4) is 0 Å². The summed E-state index contributed by atoms with van der Waals surface area (Å²) >= 11 is 0. The van der Waals surface area contributed by atoms with E-state index in [0.717, 1.165) is 5.56 Å². The van der Waals surface area contributed by atoms with E-state index in [0.29, 0.717) is 29.5 Å². The maximum absolute atomic E-state index is 12.4. The average Bonchev–Trinajstić information content (AvgIpc) is 3.06. The van der Waals surface area contributed by atoms with Crippen LogP contribution in [0, 0.1) is 6.92 Å². The standard InChI is InChI=1S/C21H24N2O5/c1-14-4-7-17(8-5-14)28-13-20(24)22-15-10-21(25)23(12-15)16-6-9-18(26-2)19(11-16)27-3/h4-9,11,15H,10,12-13H2,1-3H3,(H,22,24)/t15-/m1/s1. The van der Waals surface area contributed by atoms with E-state index >= 15 is 0 Å². The zero-order chi connectivity index (χ0) is 20.1. The van der Waals surface area contributed by atoms with E-state index in [1.165, 1.54) is 0 Å². The predicted octanol–water partition coefficient (Wildman–Crippen LogP) is 2.31. The number of aryl methyl sites for hydroxylation is 1. The summed E-state index contributed by atoms with van der Waals surface area (Å²) in [7, 11) is 3.10. The van der Waals surface area contributed by atoms with Crippen LogP contribution < -0.4 is 24.4 Å². The lowest BCUT2D eigenvalue weighted by Gasteiger charge is -2.19. The van der Waals surface area contributed by atoms with E-state index < -0.39 is 0 Å². The fraction of sp³-hybridized carbons (Fsp3) is 0.333. The number of anilines is 1. The van der Waals surface area contributed by atoms with Gasteiger partial charge in [0.25, 0.3) is 5.91 Å². The van der Waals surface area contributed by atoms with Gasteiger partial charge >= 0.3 is 0 Å². The number of carbonyl (C=O) groups is 2. The minimum Gasteiger partial charge on any atom is -0.493 e. The second kappa shape index (κ2) is 8.65. The SMILES string of the molecule is COc1ccc(N2C[C@H](NC(=O)COc3ccc(C)cc3)CC2=O)cc1OC. The highest BCUT2D eigenvalue weighted by atomic mass is 16.5. The lowest BCUT2D eigenvalue weighted by Crippen LogP contribution is -2.39. The number of methoxy groups -OCH3 is 2. The van der Waals surface area contributed by atoms with Crippen LogP contribution in [0.2, 0.25) is 0 Å². The number of hydrogen-bond acceptors (Lipinski definition) is 5. The highest BCUT2D eigenvalue weighted by Crippen LogP contribution is 2.33. The Morgan fingerprint density at radius 2 is 1.82 bits per heavy atom. The second-order valence-corrected chi connectivity index (χ2v) is 6.61. The largest absolute Gasteiger partial charge is 0.493 e. The van der Waals surface area contributed by atoms with Crippen molar-refractivity contribution >= 4 is 17.5 Å². The van der Waals surface area contributed by atoms with Gasteiger partial charge < -0.3 is 24.4 Å². The number of benzene rings is 2. The van der Waals surface area contributed by atoms with Crippen LogP contribution >= 0.6 is 0 Å². The quantitative estimate of drug-likeness (QED) is 0.793. The number of rotatable bonds is 7. The van der Waals surface area contributed by atoms with E-state index in [1.54, 1.807) is 37.3 Å². The summed E-state index contributed by atoms with van der Waals surface area (Å²) in [6, 6.07) is 12.5. The summed E-state index contributed by atoms with van der Waals surface area (Å²) < 4.78 is 16.0. The topological polar surface area (TPSA) is 77.1 Å². The maximum atomic E-state index is 12.4. The van der Waals surface area contributed by atoms with Crippen molar-refractivity contribution in [1.82, 2.24) is 5.32 Å². The number of amides is 2. The van der Waals surface area contributed by atoms with Gasteiger partial charge in [-0.1, -0.05) is 17.7 Å². The molecule has 2 aromatic carbocycles. The van der Waals surface area contributed by atoms with E-state index in [4.69, 9.17) is 14.2 Å². The molecular formula is C21H24N2O5. The molecule has 0 saturated carbocycles. The van der Waals surface area contributed by atoms with Crippen LogP contribution in [0.5, 0.6) is 17.2 Å². The molecule has 3 rings (SSSR count). The van der Waals surface area contributed by atoms with Crippen molar-refractivity contribution in [2.45, 2.75) is 19.4 Å². The van der Waals surface area contributed by atoms with Gasteiger partial charge in [-0.2, -0.15) is 0 Å². The Balaban J connectivity index is 1.56. The zero-order valence-corrected chi connectivity index (χ0v) is 16.2. The number of nitrogens with zero attached hydrogens (tertiary/aromatic N) is 1. The van der Waals surface area contributed by atoms with Crippen molar-refractivity contribution in [3.63, 3.8) is 0 Å². The first-order valence-electron chi connectivity index (χ1n) is 9.01. The molecule has 1 saturated heterocycles. The van der Waals surface area contributed by atoms with Gasteiger partial charge in [-0.25, -0.2) is 0 Å². The minimum absolute atomic E-state index is 0.0584. The molecule has 148 valence electrons. The Bertz CT molecular complexity index is 850. The smallest absolute Gasteiger partial charge is 0.258 e. The molecule has 2 aromatic rings. The Labute approximate surface area is 164 Å². The van der Waals surface area contributed by atoms with Gasteiger partial charge in [0.2, 0.25) is 5.91 Å². The molecule has 0 bridgehead atoms. The third kappa shape index (κ3) is 4.54. The van der Waals surface area contributed by atoms with Gasteiger partial charge in [-0.15, -0.1) is 0 Å². The highest BCUT2D eigenvalue weighted by Gasteiger charge is 2.32. The minimum atomic E-state index is -0.269. The van der Waals surface area contributed by atoms with Gasteiger partial charge in [0.15, 0.2) is 18.1 Å². The van der Waals surface area contributed by atoms with Crippen molar-refractivity contribution in [3.05, 3.63) is 48.0 Å². The highest BCUT2D eigenvalue weighted by molar-refractivity contribution is 5.97. The molecule has 7 heteroatoms. The summed E-state index contributed by atoms with van der Waals surface area (Å²) in [5.74, 6) is 1.46. The average molecular weight is 384 g/mol. The van der Waals surface area contributed by atoms with Gasteiger partial charge in [-0.05, 0) is 31.2 Å². The fourth-order valence-corrected chi connectivity index (χ4v) is 3.10. The zero-order valence-electron chi connectivity index (χ0n) is 16.2. The van der Waals surface area contributed by atoms with E-state index in [2.05, 4.69) is 5.32 Å². The number of hydrogen-bond donors (Lipinski definition) is 1. The van der Waals surface area contributed by atoms with E-state index in [1.807, 2.05) is 31.2 Å². The molecule has 1 heterocycles. The Kier molecular flexibility index (Phi) is 6.03. The van der Waals surface area contributed by atoms with Crippen molar-refractivity contribution in [2.24, 2.45) is 0 Å². The first kappa shape index (κ1) is 19.5. The van der Waals surface area contributed by atoms with Gasteiger partial charge in [0.1, 0.15) is 5.75 Å². The molecule has 0 aromatic heterocycles. The molecular weight excluding hydrogens is 360 g/mol. The van der Waals surface area contributed by atoms with Crippen LogP contribution in [-0.4, -0.2) is 45.2 Å². The monoisotopic (exact) mass is 384 g/mol. The first-order chi connectivity index (χ1) is 13.5. The number of carbonyl (C=O) groups excluding carboxylic acids is 2. The number of nitrogens with one attached hydrogen (secondary N) is 1.